The number of aliphatic imine (C=N–C) groups is 2. The normalized spacial score (nSPS) is 14.7. The number of thiophene rings is 1. The van der Waals surface area contributed by atoms with Crippen LogP contribution in [0.15, 0.2) is 178 Å². The van der Waals surface area contributed by atoms with Crippen molar-refractivity contribution in [2.45, 2.75) is 6.17 Å². The summed E-state index contributed by atoms with van der Waals surface area (Å²) in [5, 5.41) is 13.2. The van der Waals surface area contributed by atoms with Crippen LogP contribution in [0.25, 0.3) is 74.8 Å². The number of benzene rings is 8. The minimum atomic E-state index is -0.344. The molecule has 1 N–H and O–H groups in total. The Hall–Kier alpha value is -6.56. The highest BCUT2D eigenvalue weighted by atomic mass is 32.1. The maximum Gasteiger partial charge on any atom is 0.160 e. The summed E-state index contributed by atoms with van der Waals surface area (Å²) in [6.07, 6.45) is -0.344. The van der Waals surface area contributed by atoms with Crippen molar-refractivity contribution in [2.24, 2.45) is 9.98 Å². The molecule has 8 aromatic carbocycles. The van der Waals surface area contributed by atoms with E-state index in [1.807, 2.05) is 41.7 Å². The van der Waals surface area contributed by atoms with Gasteiger partial charge in [-0.3, -0.25) is 0 Å². The average Bonchev–Trinajstić information content (AvgIpc) is 3.78. The molecule has 52 heavy (non-hydrogen) atoms. The molecule has 1 aliphatic rings. The highest BCUT2D eigenvalue weighted by Gasteiger charge is 2.24. The number of fused-ring (bicyclic) bond motifs is 9. The first-order valence-electron chi connectivity index (χ1n) is 17.5. The van der Waals surface area contributed by atoms with Crippen LogP contribution < -0.4 is 5.32 Å². The molecule has 11 rings (SSSR count). The van der Waals surface area contributed by atoms with Crippen molar-refractivity contribution >= 4 is 86.7 Å². The Balaban J connectivity index is 1.08. The molecule has 0 saturated heterocycles. The molecule has 4 nitrogen and oxygen atoms in total. The summed E-state index contributed by atoms with van der Waals surface area (Å²) >= 11 is 1.84. The Morgan fingerprint density at radius 1 is 0.500 bits per heavy atom. The summed E-state index contributed by atoms with van der Waals surface area (Å²) in [5.74, 6) is 1.46. The molecule has 0 aliphatic carbocycles. The Labute approximate surface area is 303 Å². The van der Waals surface area contributed by atoms with Gasteiger partial charge in [0.05, 0.1) is 0 Å². The lowest BCUT2D eigenvalue weighted by Crippen LogP contribution is -2.33. The fourth-order valence-electron chi connectivity index (χ4n) is 7.77. The van der Waals surface area contributed by atoms with Gasteiger partial charge in [0.25, 0.3) is 0 Å². The molecule has 10 aromatic rings. The molecule has 0 spiro atoms. The zero-order chi connectivity index (χ0) is 34.2. The first-order chi connectivity index (χ1) is 25.7. The van der Waals surface area contributed by atoms with Gasteiger partial charge in [0.1, 0.15) is 23.2 Å². The summed E-state index contributed by atoms with van der Waals surface area (Å²) in [4.78, 5) is 10.5. The molecular weight excluding hydrogens is 655 g/mol. The van der Waals surface area contributed by atoms with E-state index in [0.717, 1.165) is 50.0 Å². The van der Waals surface area contributed by atoms with Gasteiger partial charge in [0.15, 0.2) is 5.84 Å². The molecule has 244 valence electrons. The Kier molecular flexibility index (Phi) is 6.45. The highest BCUT2D eigenvalue weighted by Crippen LogP contribution is 2.39. The number of furan rings is 1. The van der Waals surface area contributed by atoms with E-state index >= 15 is 0 Å². The first-order valence-corrected chi connectivity index (χ1v) is 18.3. The summed E-state index contributed by atoms with van der Waals surface area (Å²) in [6, 6.07) is 58.0. The van der Waals surface area contributed by atoms with E-state index < -0.39 is 0 Å². The lowest BCUT2D eigenvalue weighted by Gasteiger charge is -2.24. The molecule has 3 heterocycles. The molecule has 1 aliphatic heterocycles. The fraction of sp³-hybridized carbons (Fsp3) is 0.0213. The lowest BCUT2D eigenvalue weighted by molar-refractivity contribution is 0.668. The van der Waals surface area contributed by atoms with Gasteiger partial charge < -0.3 is 9.73 Å². The van der Waals surface area contributed by atoms with Gasteiger partial charge in [-0.05, 0) is 74.6 Å². The molecule has 0 radical (unpaired) electrons. The van der Waals surface area contributed by atoms with Crippen molar-refractivity contribution in [3.63, 3.8) is 0 Å². The van der Waals surface area contributed by atoms with Gasteiger partial charge >= 0.3 is 0 Å². The summed E-state index contributed by atoms with van der Waals surface area (Å²) in [6.45, 7) is 0. The third kappa shape index (κ3) is 4.67. The molecule has 0 amide bonds. The molecule has 2 aromatic heterocycles. The van der Waals surface area contributed by atoms with Gasteiger partial charge in [-0.2, -0.15) is 0 Å². The smallest absolute Gasteiger partial charge is 0.160 e. The molecule has 5 heteroatoms. The minimum Gasteiger partial charge on any atom is -0.456 e. The second-order valence-electron chi connectivity index (χ2n) is 13.4. The zero-order valence-corrected chi connectivity index (χ0v) is 28.7. The monoisotopic (exact) mass is 683 g/mol. The van der Waals surface area contributed by atoms with Crippen molar-refractivity contribution in [1.82, 2.24) is 5.32 Å². The van der Waals surface area contributed by atoms with Crippen molar-refractivity contribution in [3.05, 3.63) is 180 Å². The molecule has 0 bridgehead atoms. The van der Waals surface area contributed by atoms with Crippen LogP contribution >= 0.6 is 11.3 Å². The van der Waals surface area contributed by atoms with Gasteiger partial charge in [0, 0.05) is 42.1 Å². The quantitative estimate of drug-likeness (QED) is 0.188. The molecule has 1 unspecified atom stereocenters. The number of hydrogen-bond acceptors (Lipinski definition) is 5. The van der Waals surface area contributed by atoms with Crippen LogP contribution in [0.4, 0.5) is 0 Å². The molecule has 0 fully saturated rings. The number of hydrogen-bond donors (Lipinski definition) is 1. The van der Waals surface area contributed by atoms with Crippen LogP contribution in [0.1, 0.15) is 22.9 Å². The van der Waals surface area contributed by atoms with Crippen molar-refractivity contribution in [2.75, 3.05) is 0 Å². The Bertz CT molecular complexity index is 3120. The third-order valence-corrected chi connectivity index (χ3v) is 11.5. The van der Waals surface area contributed by atoms with Crippen molar-refractivity contribution < 1.29 is 4.42 Å². The van der Waals surface area contributed by atoms with E-state index in [1.54, 1.807) is 0 Å². The number of nitrogens with zero attached hydrogens (tertiary/aromatic N) is 2. The van der Waals surface area contributed by atoms with E-state index in [4.69, 9.17) is 14.4 Å². The predicted molar refractivity (Wildman–Crippen MR) is 219 cm³/mol. The zero-order valence-electron chi connectivity index (χ0n) is 27.9. The van der Waals surface area contributed by atoms with Crippen LogP contribution in [0.5, 0.6) is 0 Å². The van der Waals surface area contributed by atoms with Gasteiger partial charge in [0.2, 0.25) is 0 Å². The van der Waals surface area contributed by atoms with Crippen molar-refractivity contribution in [1.29, 1.82) is 0 Å². The SMILES string of the molecule is c1ccc(C2=NC(c3cccc4oc5ccc(-c6ccc7c(c6)sc6ccccc67)cc5c34)=NC(c3ccc4ccc5ccccc5c4c3)N2)cc1. The molecule has 0 saturated carbocycles. The average molecular weight is 684 g/mol. The van der Waals surface area contributed by atoms with E-state index in [0.29, 0.717) is 5.84 Å². The first kappa shape index (κ1) is 29.2. The minimum absolute atomic E-state index is 0.344. The van der Waals surface area contributed by atoms with Crippen LogP contribution in [-0.4, -0.2) is 11.7 Å². The molecule has 1 atom stereocenters. The number of amidine groups is 2. The number of nitrogens with one attached hydrogen (secondary N) is 1. The predicted octanol–water partition coefficient (Wildman–Crippen LogP) is 12.4. The van der Waals surface area contributed by atoms with Gasteiger partial charge in [-0.25, -0.2) is 9.98 Å². The standard InChI is InChI=1S/C47H29N3OS/c1-2-10-30(11-3-1)45-48-46(33-20-19-29-18-17-28-9-4-5-12-34(28)38(29)26-33)50-47(49-45)37-14-8-15-41-44(37)39-25-31(22-24-40(39)51-41)32-21-23-36-35-13-6-7-16-42(35)52-43(36)27-32/h1-27,46H,(H,48,49,50). The fourth-order valence-corrected chi connectivity index (χ4v) is 8.92. The Morgan fingerprint density at radius 2 is 1.25 bits per heavy atom. The third-order valence-electron chi connectivity index (χ3n) is 10.3. The molecular formula is C47H29N3OS. The second-order valence-corrected chi connectivity index (χ2v) is 14.5. The van der Waals surface area contributed by atoms with Crippen LogP contribution in [0, 0.1) is 0 Å². The lowest BCUT2D eigenvalue weighted by atomic mass is 9.98. The summed E-state index contributed by atoms with van der Waals surface area (Å²) < 4.78 is 9.08. The van der Waals surface area contributed by atoms with Gasteiger partial charge in [-0.15, -0.1) is 11.3 Å². The number of rotatable bonds is 4. The maximum atomic E-state index is 6.48. The summed E-state index contributed by atoms with van der Waals surface area (Å²) in [5.41, 5.74) is 7.01. The second kappa shape index (κ2) is 11.5. The maximum absolute atomic E-state index is 6.48. The van der Waals surface area contributed by atoms with E-state index in [1.165, 1.54) is 47.3 Å². The van der Waals surface area contributed by atoms with Crippen LogP contribution in [0.2, 0.25) is 0 Å². The summed E-state index contributed by atoms with van der Waals surface area (Å²) in [7, 11) is 0. The van der Waals surface area contributed by atoms with E-state index in [-0.39, 0.29) is 6.17 Å². The Morgan fingerprint density at radius 3 is 2.17 bits per heavy atom. The highest BCUT2D eigenvalue weighted by molar-refractivity contribution is 7.25. The van der Waals surface area contributed by atoms with Gasteiger partial charge in [-0.1, -0.05) is 127 Å². The topological polar surface area (TPSA) is 49.9 Å². The van der Waals surface area contributed by atoms with Crippen LogP contribution in [-0.2, 0) is 0 Å². The largest absolute Gasteiger partial charge is 0.456 e. The van der Waals surface area contributed by atoms with Crippen molar-refractivity contribution in [3.8, 4) is 11.1 Å². The van der Waals surface area contributed by atoms with E-state index in [2.05, 4.69) is 139 Å². The van der Waals surface area contributed by atoms with E-state index in [9.17, 15) is 0 Å². The van der Waals surface area contributed by atoms with Crippen LogP contribution in [0.3, 0.4) is 0 Å².